The summed E-state index contributed by atoms with van der Waals surface area (Å²) in [4.78, 5) is 0. The van der Waals surface area contributed by atoms with Gasteiger partial charge >= 0.3 is 0 Å². The van der Waals surface area contributed by atoms with Crippen molar-refractivity contribution in [2.24, 2.45) is 7.05 Å². The van der Waals surface area contributed by atoms with Gasteiger partial charge in [-0.05, 0) is 12.8 Å². The van der Waals surface area contributed by atoms with Gasteiger partial charge in [-0.1, -0.05) is 31.9 Å². The summed E-state index contributed by atoms with van der Waals surface area (Å²) < 4.78 is 1.64. The molecular weight excluding hydrogens is 178 g/mol. The minimum atomic E-state index is 0.0463. The SMILES string of the molecule is CC.Cn1ccnn1.OC1CCCC1. The molecule has 0 aromatic carbocycles. The van der Waals surface area contributed by atoms with Crippen LogP contribution < -0.4 is 0 Å². The number of aliphatic hydroxyl groups excluding tert-OH is 1. The maximum Gasteiger partial charge on any atom is 0.0692 e. The van der Waals surface area contributed by atoms with E-state index in [0.717, 1.165) is 12.8 Å². The zero-order chi connectivity index (χ0) is 10.8. The number of aryl methyl sites for hydroxylation is 1. The molecule has 0 bridgehead atoms. The Morgan fingerprint density at radius 2 is 1.86 bits per heavy atom. The van der Waals surface area contributed by atoms with E-state index < -0.39 is 0 Å². The zero-order valence-electron chi connectivity index (χ0n) is 9.35. The molecule has 1 aliphatic carbocycles. The highest BCUT2D eigenvalue weighted by Gasteiger charge is 2.09. The zero-order valence-corrected chi connectivity index (χ0v) is 9.35. The fourth-order valence-electron chi connectivity index (χ4n) is 1.17. The van der Waals surface area contributed by atoms with Crippen LogP contribution in [0.1, 0.15) is 39.5 Å². The second-order valence-corrected chi connectivity index (χ2v) is 3.02. The highest BCUT2D eigenvalue weighted by Crippen LogP contribution is 2.16. The van der Waals surface area contributed by atoms with Crippen LogP contribution >= 0.6 is 0 Å². The lowest BCUT2D eigenvalue weighted by atomic mass is 10.3. The van der Waals surface area contributed by atoms with Crippen LogP contribution in [-0.2, 0) is 7.05 Å². The summed E-state index contributed by atoms with van der Waals surface area (Å²) in [5.41, 5.74) is 0. The molecular formula is C10H21N3O. The third-order valence-electron chi connectivity index (χ3n) is 1.87. The molecule has 0 unspecified atom stereocenters. The molecule has 1 aromatic heterocycles. The molecule has 2 rings (SSSR count). The first-order valence-corrected chi connectivity index (χ1v) is 5.27. The number of hydrogen-bond donors (Lipinski definition) is 1. The molecule has 0 amide bonds. The van der Waals surface area contributed by atoms with Crippen molar-refractivity contribution in [2.45, 2.75) is 45.6 Å². The number of hydrogen-bond acceptors (Lipinski definition) is 3. The molecule has 0 atom stereocenters. The van der Waals surface area contributed by atoms with E-state index in [1.807, 2.05) is 20.9 Å². The number of nitrogens with zero attached hydrogens (tertiary/aromatic N) is 3. The second kappa shape index (κ2) is 8.69. The predicted octanol–water partition coefficient (Wildman–Crippen LogP) is 1.76. The molecule has 14 heavy (non-hydrogen) atoms. The fourth-order valence-corrected chi connectivity index (χ4v) is 1.17. The summed E-state index contributed by atoms with van der Waals surface area (Å²) in [6.45, 7) is 4.00. The van der Waals surface area contributed by atoms with Gasteiger partial charge in [0.1, 0.15) is 0 Å². The Balaban J connectivity index is 0.000000206. The molecule has 0 radical (unpaired) electrons. The summed E-state index contributed by atoms with van der Waals surface area (Å²) in [6, 6.07) is 0. The first-order chi connectivity index (χ1) is 6.79. The van der Waals surface area contributed by atoms with Crippen molar-refractivity contribution in [1.29, 1.82) is 0 Å². The van der Waals surface area contributed by atoms with Gasteiger partial charge in [0.2, 0.25) is 0 Å². The first-order valence-electron chi connectivity index (χ1n) is 5.27. The molecule has 4 nitrogen and oxygen atoms in total. The third kappa shape index (κ3) is 6.60. The highest BCUT2D eigenvalue weighted by atomic mass is 16.3. The van der Waals surface area contributed by atoms with Gasteiger partial charge in [0.25, 0.3) is 0 Å². The Kier molecular flexibility index (Phi) is 8.13. The average molecular weight is 199 g/mol. The highest BCUT2D eigenvalue weighted by molar-refractivity contribution is 4.63. The Labute approximate surface area is 85.9 Å². The van der Waals surface area contributed by atoms with Crippen LogP contribution in [0.2, 0.25) is 0 Å². The standard InChI is InChI=1S/C5H10O.C3H5N3.C2H6/c6-5-3-1-2-4-5;1-6-3-2-4-5-6;1-2/h5-6H,1-4H2;2-3H,1H3;1-2H3. The van der Waals surface area contributed by atoms with Crippen LogP contribution in [0, 0.1) is 0 Å². The van der Waals surface area contributed by atoms with E-state index in [2.05, 4.69) is 10.3 Å². The number of aliphatic hydroxyl groups is 1. The van der Waals surface area contributed by atoms with Gasteiger partial charge in [-0.25, -0.2) is 0 Å². The molecule has 1 heterocycles. The van der Waals surface area contributed by atoms with Crippen LogP contribution in [0.15, 0.2) is 12.4 Å². The summed E-state index contributed by atoms with van der Waals surface area (Å²) in [5.74, 6) is 0. The molecule has 1 fully saturated rings. The van der Waals surface area contributed by atoms with Crippen molar-refractivity contribution in [1.82, 2.24) is 15.0 Å². The Bertz CT molecular complexity index is 193. The maximum absolute atomic E-state index is 8.73. The van der Waals surface area contributed by atoms with E-state index in [1.165, 1.54) is 12.8 Å². The van der Waals surface area contributed by atoms with E-state index in [0.29, 0.717) is 0 Å². The van der Waals surface area contributed by atoms with Crippen LogP contribution in [0.4, 0.5) is 0 Å². The van der Waals surface area contributed by atoms with E-state index in [-0.39, 0.29) is 6.10 Å². The van der Waals surface area contributed by atoms with Gasteiger partial charge in [-0.2, -0.15) is 0 Å². The van der Waals surface area contributed by atoms with Gasteiger partial charge in [-0.3, -0.25) is 4.68 Å². The Hall–Kier alpha value is -0.900. The Morgan fingerprint density at radius 3 is 2.00 bits per heavy atom. The molecule has 0 saturated heterocycles. The molecule has 0 spiro atoms. The van der Waals surface area contributed by atoms with Crippen molar-refractivity contribution in [3.05, 3.63) is 12.4 Å². The molecule has 1 aliphatic rings. The topological polar surface area (TPSA) is 50.9 Å². The number of aromatic nitrogens is 3. The minimum Gasteiger partial charge on any atom is -0.393 e. The summed E-state index contributed by atoms with van der Waals surface area (Å²) in [7, 11) is 1.83. The Morgan fingerprint density at radius 1 is 1.29 bits per heavy atom. The molecule has 0 aliphatic heterocycles. The fraction of sp³-hybridized carbons (Fsp3) is 0.800. The van der Waals surface area contributed by atoms with Crippen molar-refractivity contribution in [3.8, 4) is 0 Å². The van der Waals surface area contributed by atoms with Crippen LogP contribution in [0.25, 0.3) is 0 Å². The third-order valence-corrected chi connectivity index (χ3v) is 1.87. The van der Waals surface area contributed by atoms with Crippen LogP contribution in [-0.4, -0.2) is 26.2 Å². The van der Waals surface area contributed by atoms with Crippen molar-refractivity contribution < 1.29 is 5.11 Å². The van der Waals surface area contributed by atoms with Crippen LogP contribution in [0.3, 0.4) is 0 Å². The summed E-state index contributed by atoms with van der Waals surface area (Å²) >= 11 is 0. The van der Waals surface area contributed by atoms with E-state index in [9.17, 15) is 0 Å². The minimum absolute atomic E-state index is 0.0463. The summed E-state index contributed by atoms with van der Waals surface area (Å²) in [5, 5.41) is 15.8. The quantitative estimate of drug-likeness (QED) is 0.692. The predicted molar refractivity (Wildman–Crippen MR) is 56.8 cm³/mol. The lowest BCUT2D eigenvalue weighted by Gasteiger charge is -1.91. The monoisotopic (exact) mass is 199 g/mol. The van der Waals surface area contributed by atoms with Crippen molar-refractivity contribution >= 4 is 0 Å². The largest absolute Gasteiger partial charge is 0.393 e. The van der Waals surface area contributed by atoms with Gasteiger partial charge in [0, 0.05) is 13.2 Å². The van der Waals surface area contributed by atoms with Gasteiger partial charge in [0.05, 0.1) is 12.3 Å². The molecule has 4 heteroatoms. The van der Waals surface area contributed by atoms with E-state index in [4.69, 9.17) is 5.11 Å². The lowest BCUT2D eigenvalue weighted by molar-refractivity contribution is 0.183. The average Bonchev–Trinajstić information content (AvgIpc) is 2.83. The van der Waals surface area contributed by atoms with Gasteiger partial charge in [0.15, 0.2) is 0 Å². The molecule has 1 N–H and O–H groups in total. The second-order valence-electron chi connectivity index (χ2n) is 3.02. The molecule has 1 aromatic rings. The van der Waals surface area contributed by atoms with E-state index in [1.54, 1.807) is 17.1 Å². The molecule has 82 valence electrons. The number of rotatable bonds is 0. The lowest BCUT2D eigenvalue weighted by Crippen LogP contribution is -1.94. The first kappa shape index (κ1) is 13.1. The van der Waals surface area contributed by atoms with Crippen molar-refractivity contribution in [3.63, 3.8) is 0 Å². The normalized spacial score (nSPS) is 15.1. The molecule has 1 saturated carbocycles. The van der Waals surface area contributed by atoms with E-state index >= 15 is 0 Å². The van der Waals surface area contributed by atoms with Crippen LogP contribution in [0.5, 0.6) is 0 Å². The van der Waals surface area contributed by atoms with Crippen molar-refractivity contribution in [2.75, 3.05) is 0 Å². The van der Waals surface area contributed by atoms with Gasteiger partial charge in [-0.15, -0.1) is 5.10 Å². The maximum atomic E-state index is 8.73. The summed E-state index contributed by atoms with van der Waals surface area (Å²) in [6.07, 6.45) is 8.02. The smallest absolute Gasteiger partial charge is 0.0692 e. The van der Waals surface area contributed by atoms with Gasteiger partial charge < -0.3 is 5.11 Å².